The monoisotopic (exact) mass is 254 g/mol. The SMILES string of the molecule is Cc1nscc1C(=O)N1CCCC1(C)C(=O)O. The van der Waals surface area contributed by atoms with Gasteiger partial charge in [0.2, 0.25) is 0 Å². The van der Waals surface area contributed by atoms with Crippen LogP contribution >= 0.6 is 11.5 Å². The van der Waals surface area contributed by atoms with Crippen LogP contribution in [0.5, 0.6) is 0 Å². The summed E-state index contributed by atoms with van der Waals surface area (Å²) in [6.45, 7) is 3.87. The van der Waals surface area contributed by atoms with Crippen molar-refractivity contribution in [3.05, 3.63) is 16.6 Å². The number of amides is 1. The molecular weight excluding hydrogens is 240 g/mol. The van der Waals surface area contributed by atoms with Crippen molar-refractivity contribution in [2.24, 2.45) is 0 Å². The number of hydrogen-bond acceptors (Lipinski definition) is 4. The molecule has 1 saturated heterocycles. The minimum absolute atomic E-state index is 0.223. The maximum Gasteiger partial charge on any atom is 0.329 e. The summed E-state index contributed by atoms with van der Waals surface area (Å²) in [5, 5.41) is 10.9. The van der Waals surface area contributed by atoms with Gasteiger partial charge in [0.1, 0.15) is 5.54 Å². The Morgan fingerprint density at radius 2 is 2.29 bits per heavy atom. The van der Waals surface area contributed by atoms with E-state index >= 15 is 0 Å². The highest BCUT2D eigenvalue weighted by atomic mass is 32.1. The Labute approximate surface area is 103 Å². The Balaban J connectivity index is 2.32. The van der Waals surface area contributed by atoms with E-state index in [1.165, 1.54) is 16.4 Å². The lowest BCUT2D eigenvalue weighted by Crippen LogP contribution is -2.50. The molecule has 0 bridgehead atoms. The number of aryl methyl sites for hydroxylation is 1. The number of aliphatic carboxylic acids is 1. The molecule has 1 N–H and O–H groups in total. The Morgan fingerprint density at radius 3 is 2.82 bits per heavy atom. The van der Waals surface area contributed by atoms with Crippen LogP contribution in [-0.4, -0.2) is 38.3 Å². The molecule has 1 aromatic rings. The Hall–Kier alpha value is -1.43. The van der Waals surface area contributed by atoms with Crippen molar-refractivity contribution < 1.29 is 14.7 Å². The molecule has 1 amide bonds. The lowest BCUT2D eigenvalue weighted by molar-refractivity contribution is -0.147. The van der Waals surface area contributed by atoms with Gasteiger partial charge < -0.3 is 10.0 Å². The second kappa shape index (κ2) is 4.10. The zero-order valence-corrected chi connectivity index (χ0v) is 10.6. The average Bonchev–Trinajstić information content (AvgIpc) is 2.84. The molecular formula is C11H14N2O3S. The normalized spacial score (nSPS) is 24.0. The highest BCUT2D eigenvalue weighted by Crippen LogP contribution is 2.31. The summed E-state index contributed by atoms with van der Waals surface area (Å²) >= 11 is 1.22. The van der Waals surface area contributed by atoms with Crippen LogP contribution in [0.25, 0.3) is 0 Å². The van der Waals surface area contributed by atoms with Gasteiger partial charge >= 0.3 is 5.97 Å². The minimum Gasteiger partial charge on any atom is -0.480 e. The van der Waals surface area contributed by atoms with E-state index in [9.17, 15) is 14.7 Å². The molecule has 1 unspecified atom stereocenters. The number of carboxylic acid groups (broad SMARTS) is 1. The molecule has 2 rings (SSSR count). The highest BCUT2D eigenvalue weighted by Gasteiger charge is 2.46. The summed E-state index contributed by atoms with van der Waals surface area (Å²) in [7, 11) is 0. The van der Waals surface area contributed by atoms with Gasteiger partial charge in [-0.15, -0.1) is 0 Å². The van der Waals surface area contributed by atoms with E-state index < -0.39 is 11.5 Å². The summed E-state index contributed by atoms with van der Waals surface area (Å²) in [5.74, 6) is -1.16. The van der Waals surface area contributed by atoms with Crippen LogP contribution in [0.3, 0.4) is 0 Å². The van der Waals surface area contributed by atoms with Crippen LogP contribution in [-0.2, 0) is 4.79 Å². The largest absolute Gasteiger partial charge is 0.480 e. The summed E-state index contributed by atoms with van der Waals surface area (Å²) < 4.78 is 4.05. The van der Waals surface area contributed by atoms with Gasteiger partial charge in [-0.1, -0.05) is 0 Å². The van der Waals surface area contributed by atoms with E-state index in [1.807, 2.05) is 0 Å². The van der Waals surface area contributed by atoms with Gasteiger partial charge in [0, 0.05) is 11.9 Å². The quantitative estimate of drug-likeness (QED) is 0.869. The van der Waals surface area contributed by atoms with Crippen LogP contribution in [0, 0.1) is 6.92 Å². The number of carbonyl (C=O) groups excluding carboxylic acids is 1. The van der Waals surface area contributed by atoms with Crippen LogP contribution in [0.15, 0.2) is 5.38 Å². The molecule has 92 valence electrons. The topological polar surface area (TPSA) is 70.5 Å². The van der Waals surface area contributed by atoms with Crippen molar-refractivity contribution in [2.45, 2.75) is 32.2 Å². The standard InChI is InChI=1S/C11H14N2O3S/c1-7-8(6-17-12-7)9(14)13-5-3-4-11(13,2)10(15)16/h6H,3-5H2,1-2H3,(H,15,16). The average molecular weight is 254 g/mol. The van der Waals surface area contributed by atoms with Crippen molar-refractivity contribution in [3.8, 4) is 0 Å². The van der Waals surface area contributed by atoms with Gasteiger partial charge in [0.15, 0.2) is 0 Å². The van der Waals surface area contributed by atoms with Gasteiger partial charge in [0.25, 0.3) is 5.91 Å². The van der Waals surface area contributed by atoms with Crippen LogP contribution in [0.4, 0.5) is 0 Å². The number of nitrogens with zero attached hydrogens (tertiary/aromatic N) is 2. The van der Waals surface area contributed by atoms with E-state index in [1.54, 1.807) is 19.2 Å². The van der Waals surface area contributed by atoms with Gasteiger partial charge in [-0.2, -0.15) is 4.37 Å². The number of carbonyl (C=O) groups is 2. The molecule has 0 saturated carbocycles. The maximum absolute atomic E-state index is 12.3. The number of carboxylic acids is 1. The number of rotatable bonds is 2. The van der Waals surface area contributed by atoms with Gasteiger partial charge in [0.05, 0.1) is 11.3 Å². The van der Waals surface area contributed by atoms with Crippen molar-refractivity contribution >= 4 is 23.4 Å². The van der Waals surface area contributed by atoms with Crippen LogP contribution in [0.2, 0.25) is 0 Å². The first-order valence-corrected chi connectivity index (χ1v) is 6.27. The number of likely N-dealkylation sites (tertiary alicyclic amines) is 1. The zero-order chi connectivity index (χ0) is 12.6. The molecule has 1 aliphatic heterocycles. The lowest BCUT2D eigenvalue weighted by Gasteiger charge is -2.31. The molecule has 1 atom stereocenters. The van der Waals surface area contributed by atoms with E-state index in [0.29, 0.717) is 24.2 Å². The molecule has 5 nitrogen and oxygen atoms in total. The summed E-state index contributed by atoms with van der Waals surface area (Å²) in [6, 6.07) is 0. The molecule has 0 aliphatic carbocycles. The summed E-state index contributed by atoms with van der Waals surface area (Å²) in [5.41, 5.74) is 0.106. The molecule has 17 heavy (non-hydrogen) atoms. The van der Waals surface area contributed by atoms with Crippen molar-refractivity contribution in [1.82, 2.24) is 9.27 Å². The molecule has 0 aromatic carbocycles. The Bertz CT molecular complexity index is 471. The number of hydrogen-bond donors (Lipinski definition) is 1. The molecule has 6 heteroatoms. The predicted molar refractivity (Wildman–Crippen MR) is 63.2 cm³/mol. The van der Waals surface area contributed by atoms with E-state index in [4.69, 9.17) is 0 Å². The third-order valence-electron chi connectivity index (χ3n) is 3.33. The van der Waals surface area contributed by atoms with E-state index in [0.717, 1.165) is 6.42 Å². The van der Waals surface area contributed by atoms with Crippen LogP contribution < -0.4 is 0 Å². The van der Waals surface area contributed by atoms with E-state index in [2.05, 4.69) is 4.37 Å². The molecule has 0 spiro atoms. The Morgan fingerprint density at radius 1 is 1.59 bits per heavy atom. The van der Waals surface area contributed by atoms with Crippen molar-refractivity contribution in [3.63, 3.8) is 0 Å². The second-order valence-electron chi connectivity index (χ2n) is 4.45. The molecule has 2 heterocycles. The highest BCUT2D eigenvalue weighted by molar-refractivity contribution is 7.03. The summed E-state index contributed by atoms with van der Waals surface area (Å²) in [6.07, 6.45) is 1.23. The fourth-order valence-electron chi connectivity index (χ4n) is 2.15. The predicted octanol–water partition coefficient (Wildman–Crippen LogP) is 1.53. The van der Waals surface area contributed by atoms with E-state index in [-0.39, 0.29) is 5.91 Å². The summed E-state index contributed by atoms with van der Waals surface area (Å²) in [4.78, 5) is 25.0. The first-order valence-electron chi connectivity index (χ1n) is 5.43. The molecule has 1 fully saturated rings. The smallest absolute Gasteiger partial charge is 0.329 e. The third-order valence-corrected chi connectivity index (χ3v) is 4.05. The lowest BCUT2D eigenvalue weighted by atomic mass is 9.98. The zero-order valence-electron chi connectivity index (χ0n) is 9.77. The third kappa shape index (κ3) is 1.82. The fourth-order valence-corrected chi connectivity index (χ4v) is 2.84. The maximum atomic E-state index is 12.3. The Kier molecular flexibility index (Phi) is 2.91. The van der Waals surface area contributed by atoms with Gasteiger partial charge in [-0.05, 0) is 38.2 Å². The van der Waals surface area contributed by atoms with Gasteiger partial charge in [-0.3, -0.25) is 4.79 Å². The second-order valence-corrected chi connectivity index (χ2v) is 5.08. The van der Waals surface area contributed by atoms with Crippen molar-refractivity contribution in [1.29, 1.82) is 0 Å². The van der Waals surface area contributed by atoms with Crippen molar-refractivity contribution in [2.75, 3.05) is 6.54 Å². The first-order chi connectivity index (χ1) is 7.97. The van der Waals surface area contributed by atoms with Crippen LogP contribution in [0.1, 0.15) is 35.8 Å². The molecule has 1 aromatic heterocycles. The first kappa shape index (κ1) is 12.0. The minimum atomic E-state index is -1.08. The number of aromatic nitrogens is 1. The molecule has 1 aliphatic rings. The fraction of sp³-hybridized carbons (Fsp3) is 0.545. The molecule has 0 radical (unpaired) electrons. The van der Waals surface area contributed by atoms with Gasteiger partial charge in [-0.25, -0.2) is 4.79 Å².